The van der Waals surface area contributed by atoms with E-state index in [9.17, 15) is 9.59 Å². The summed E-state index contributed by atoms with van der Waals surface area (Å²) in [6.07, 6.45) is 0.223. The van der Waals surface area contributed by atoms with Crippen LogP contribution < -0.4 is 5.32 Å². The fraction of sp³-hybridized carbons (Fsp3) is 0.375. The summed E-state index contributed by atoms with van der Waals surface area (Å²) in [5.41, 5.74) is 0.405. The van der Waals surface area contributed by atoms with Crippen molar-refractivity contribution in [1.29, 1.82) is 0 Å². The standard InChI is InChI=1S/C16H19N3O4/c1-4-16(3,9-13(20)21)15(22)18-12-7-5-11(6-8-12)14-17-10(2)23-19-14/h5-8H,4,9H2,1-3H3,(H,18,22)(H,20,21). The van der Waals surface area contributed by atoms with E-state index >= 15 is 0 Å². The molecule has 122 valence electrons. The average molecular weight is 317 g/mol. The number of carbonyl (C=O) groups excluding carboxylic acids is 1. The molecule has 0 bridgehead atoms. The van der Waals surface area contributed by atoms with Crippen LogP contribution in [0, 0.1) is 12.3 Å². The Balaban J connectivity index is 2.11. The Kier molecular flexibility index (Phi) is 4.78. The molecule has 2 aromatic rings. The van der Waals surface area contributed by atoms with Crippen LogP contribution in [0.3, 0.4) is 0 Å². The van der Waals surface area contributed by atoms with Gasteiger partial charge < -0.3 is 14.9 Å². The maximum atomic E-state index is 12.3. The second-order valence-corrected chi connectivity index (χ2v) is 5.65. The van der Waals surface area contributed by atoms with E-state index < -0.39 is 11.4 Å². The van der Waals surface area contributed by atoms with Crippen LogP contribution in [0.4, 0.5) is 5.69 Å². The third-order valence-electron chi connectivity index (χ3n) is 3.80. The number of hydrogen-bond acceptors (Lipinski definition) is 5. The van der Waals surface area contributed by atoms with Gasteiger partial charge in [0, 0.05) is 18.2 Å². The highest BCUT2D eigenvalue weighted by atomic mass is 16.5. The van der Waals surface area contributed by atoms with Gasteiger partial charge in [0.1, 0.15) is 0 Å². The lowest BCUT2D eigenvalue weighted by molar-refractivity contribution is -0.143. The summed E-state index contributed by atoms with van der Waals surface area (Å²) in [5.74, 6) is -0.354. The number of rotatable bonds is 6. The summed E-state index contributed by atoms with van der Waals surface area (Å²) < 4.78 is 4.92. The van der Waals surface area contributed by atoms with E-state index in [2.05, 4.69) is 15.5 Å². The first-order valence-electron chi connectivity index (χ1n) is 7.28. The van der Waals surface area contributed by atoms with E-state index in [1.54, 1.807) is 45.0 Å². The normalized spacial score (nSPS) is 13.3. The number of carbonyl (C=O) groups is 2. The largest absolute Gasteiger partial charge is 0.481 e. The Labute approximate surface area is 133 Å². The molecule has 0 saturated carbocycles. The fourth-order valence-corrected chi connectivity index (χ4v) is 2.10. The van der Waals surface area contributed by atoms with Crippen molar-refractivity contribution in [2.75, 3.05) is 5.32 Å². The third-order valence-corrected chi connectivity index (χ3v) is 3.80. The Morgan fingerprint density at radius 2 is 1.96 bits per heavy atom. The summed E-state index contributed by atoms with van der Waals surface area (Å²) in [6.45, 7) is 5.15. The Morgan fingerprint density at radius 3 is 2.43 bits per heavy atom. The highest BCUT2D eigenvalue weighted by molar-refractivity contribution is 5.97. The molecule has 0 aliphatic carbocycles. The zero-order chi connectivity index (χ0) is 17.0. The average Bonchev–Trinajstić information content (AvgIpc) is 2.93. The lowest BCUT2D eigenvalue weighted by Crippen LogP contribution is -2.35. The van der Waals surface area contributed by atoms with Gasteiger partial charge in [0.15, 0.2) is 0 Å². The molecular formula is C16H19N3O4. The Bertz CT molecular complexity index is 708. The van der Waals surface area contributed by atoms with Crippen LogP contribution >= 0.6 is 0 Å². The molecule has 7 heteroatoms. The number of aryl methyl sites for hydroxylation is 1. The lowest BCUT2D eigenvalue weighted by Gasteiger charge is -2.25. The van der Waals surface area contributed by atoms with Crippen LogP contribution in [0.5, 0.6) is 0 Å². The molecular weight excluding hydrogens is 298 g/mol. The minimum absolute atomic E-state index is 0.213. The topological polar surface area (TPSA) is 105 Å². The quantitative estimate of drug-likeness (QED) is 0.848. The van der Waals surface area contributed by atoms with Crippen molar-refractivity contribution in [2.24, 2.45) is 5.41 Å². The minimum Gasteiger partial charge on any atom is -0.481 e. The summed E-state index contributed by atoms with van der Waals surface area (Å²) in [7, 11) is 0. The maximum absolute atomic E-state index is 12.3. The van der Waals surface area contributed by atoms with Crippen LogP contribution in [0.2, 0.25) is 0 Å². The molecule has 23 heavy (non-hydrogen) atoms. The molecule has 1 aromatic carbocycles. The van der Waals surface area contributed by atoms with Gasteiger partial charge in [-0.1, -0.05) is 19.0 Å². The van der Waals surface area contributed by atoms with Crippen molar-refractivity contribution < 1.29 is 19.2 Å². The zero-order valence-corrected chi connectivity index (χ0v) is 13.3. The number of aromatic nitrogens is 2. The molecule has 0 saturated heterocycles. The van der Waals surface area contributed by atoms with Crippen molar-refractivity contribution in [1.82, 2.24) is 10.1 Å². The highest BCUT2D eigenvalue weighted by Gasteiger charge is 2.33. The molecule has 1 atom stereocenters. The molecule has 0 aliphatic heterocycles. The van der Waals surface area contributed by atoms with E-state index in [0.717, 1.165) is 5.56 Å². The summed E-state index contributed by atoms with van der Waals surface area (Å²) in [6, 6.07) is 6.96. The van der Waals surface area contributed by atoms with Crippen LogP contribution in [0.15, 0.2) is 28.8 Å². The highest BCUT2D eigenvalue weighted by Crippen LogP contribution is 2.28. The molecule has 0 aliphatic rings. The van der Waals surface area contributed by atoms with Gasteiger partial charge >= 0.3 is 5.97 Å². The summed E-state index contributed by atoms with van der Waals surface area (Å²) in [4.78, 5) is 27.4. The fourth-order valence-electron chi connectivity index (χ4n) is 2.10. The van der Waals surface area contributed by atoms with Crippen LogP contribution in [-0.2, 0) is 9.59 Å². The van der Waals surface area contributed by atoms with E-state index in [4.69, 9.17) is 9.63 Å². The maximum Gasteiger partial charge on any atom is 0.304 e. The summed E-state index contributed by atoms with van der Waals surface area (Å²) >= 11 is 0. The SMILES string of the molecule is CCC(C)(CC(=O)O)C(=O)Nc1ccc(-c2noc(C)n2)cc1. The molecule has 2 N–H and O–H groups in total. The molecule has 0 fully saturated rings. The van der Waals surface area contributed by atoms with Crippen LogP contribution in [-0.4, -0.2) is 27.1 Å². The first-order chi connectivity index (χ1) is 10.8. The minimum atomic E-state index is -0.993. The molecule has 1 heterocycles. The Hall–Kier alpha value is -2.70. The van der Waals surface area contributed by atoms with Gasteiger partial charge in [-0.25, -0.2) is 0 Å². The first kappa shape index (κ1) is 16.7. The number of carboxylic acid groups (broad SMARTS) is 1. The smallest absolute Gasteiger partial charge is 0.304 e. The van der Waals surface area contributed by atoms with Crippen molar-refractivity contribution in [3.63, 3.8) is 0 Å². The number of carboxylic acids is 1. The monoisotopic (exact) mass is 317 g/mol. The van der Waals surface area contributed by atoms with Crippen molar-refractivity contribution in [3.8, 4) is 11.4 Å². The molecule has 7 nitrogen and oxygen atoms in total. The van der Waals surface area contributed by atoms with E-state index in [1.807, 2.05) is 0 Å². The molecule has 2 rings (SSSR count). The predicted octanol–water partition coefficient (Wildman–Crippen LogP) is 2.87. The van der Waals surface area contributed by atoms with Gasteiger partial charge in [-0.3, -0.25) is 9.59 Å². The molecule has 1 aromatic heterocycles. The number of benzene rings is 1. The van der Waals surface area contributed by atoms with Gasteiger partial charge in [-0.05, 0) is 30.7 Å². The van der Waals surface area contributed by atoms with Crippen LogP contribution in [0.1, 0.15) is 32.6 Å². The van der Waals surface area contributed by atoms with Crippen LogP contribution in [0.25, 0.3) is 11.4 Å². The second kappa shape index (κ2) is 6.60. The number of amides is 1. The molecule has 1 amide bonds. The van der Waals surface area contributed by atoms with Crippen molar-refractivity contribution >= 4 is 17.6 Å². The van der Waals surface area contributed by atoms with E-state index in [1.165, 1.54) is 0 Å². The number of nitrogens with zero attached hydrogens (tertiary/aromatic N) is 2. The van der Waals surface area contributed by atoms with Gasteiger partial charge in [0.2, 0.25) is 17.6 Å². The molecule has 1 unspecified atom stereocenters. The van der Waals surface area contributed by atoms with Gasteiger partial charge in [0.05, 0.1) is 11.8 Å². The van der Waals surface area contributed by atoms with E-state index in [-0.39, 0.29) is 12.3 Å². The van der Waals surface area contributed by atoms with Crippen molar-refractivity contribution in [2.45, 2.75) is 33.6 Å². The summed E-state index contributed by atoms with van der Waals surface area (Å²) in [5, 5.41) is 15.5. The van der Waals surface area contributed by atoms with Gasteiger partial charge in [-0.2, -0.15) is 4.98 Å². The Morgan fingerprint density at radius 1 is 1.30 bits per heavy atom. The van der Waals surface area contributed by atoms with E-state index in [0.29, 0.717) is 23.8 Å². The zero-order valence-electron chi connectivity index (χ0n) is 13.3. The molecule has 0 radical (unpaired) electrons. The first-order valence-corrected chi connectivity index (χ1v) is 7.28. The van der Waals surface area contributed by atoms with Crippen molar-refractivity contribution in [3.05, 3.63) is 30.2 Å². The number of nitrogens with one attached hydrogen (secondary N) is 1. The number of aliphatic carboxylic acids is 1. The third kappa shape index (κ3) is 3.94. The lowest BCUT2D eigenvalue weighted by atomic mass is 9.83. The number of anilines is 1. The number of hydrogen-bond donors (Lipinski definition) is 2. The predicted molar refractivity (Wildman–Crippen MR) is 83.8 cm³/mol. The van der Waals surface area contributed by atoms with Gasteiger partial charge in [0.25, 0.3) is 0 Å². The molecule has 0 spiro atoms. The second-order valence-electron chi connectivity index (χ2n) is 5.65. The van der Waals surface area contributed by atoms with Gasteiger partial charge in [-0.15, -0.1) is 0 Å².